The fourth-order valence-electron chi connectivity index (χ4n) is 4.39. The lowest BCUT2D eigenvalue weighted by atomic mass is 10.0. The average Bonchev–Trinajstić information content (AvgIpc) is 3.02. The van der Waals surface area contributed by atoms with Gasteiger partial charge in [0.1, 0.15) is 11.5 Å². The molecule has 4 heteroatoms. The summed E-state index contributed by atoms with van der Waals surface area (Å²) in [5, 5.41) is 0. The van der Waals surface area contributed by atoms with Crippen molar-refractivity contribution in [1.82, 2.24) is 0 Å². The van der Waals surface area contributed by atoms with E-state index < -0.39 is 0 Å². The number of benzene rings is 2. The van der Waals surface area contributed by atoms with Crippen LogP contribution in [-0.4, -0.2) is 24.7 Å². The molecule has 2 aliphatic heterocycles. The third-order valence-electron chi connectivity index (χ3n) is 6.02. The predicted octanol–water partition coefficient (Wildman–Crippen LogP) is 5.36. The Morgan fingerprint density at radius 2 is 1.57 bits per heavy atom. The highest BCUT2D eigenvalue weighted by Gasteiger charge is 2.32. The zero-order chi connectivity index (χ0) is 20.7. The van der Waals surface area contributed by atoms with E-state index in [0.717, 1.165) is 30.0 Å². The standard InChI is InChI=1S/C26H23NO3/c1-17-15-19(10-12-23-25(28)21-7-3-4-8-22(21)26(23)29)30-24-16-18(9-11-20(17)24)27-13-5-2-6-14-27/h3-4,7-12,15-16H,2,5-6,13-14H2,1H3/b19-10+. The average molecular weight is 397 g/mol. The van der Waals surface area contributed by atoms with Gasteiger partial charge in [-0.25, -0.2) is 0 Å². The van der Waals surface area contributed by atoms with Gasteiger partial charge in [0.05, 0.1) is 5.57 Å². The van der Waals surface area contributed by atoms with Gasteiger partial charge < -0.3 is 9.64 Å². The lowest BCUT2D eigenvalue weighted by Gasteiger charge is -2.30. The molecule has 0 saturated carbocycles. The Hall–Kier alpha value is -3.40. The van der Waals surface area contributed by atoms with E-state index in [4.69, 9.17) is 4.74 Å². The Kier molecular flexibility index (Phi) is 4.62. The van der Waals surface area contributed by atoms with Crippen LogP contribution in [0.3, 0.4) is 0 Å². The molecular formula is C26H23NO3. The third kappa shape index (κ3) is 3.18. The van der Waals surface area contributed by atoms with Crippen LogP contribution in [0.4, 0.5) is 5.69 Å². The zero-order valence-corrected chi connectivity index (χ0v) is 17.0. The number of rotatable bonds is 2. The van der Waals surface area contributed by atoms with Crippen molar-refractivity contribution >= 4 is 22.8 Å². The molecule has 0 aromatic heterocycles. The van der Waals surface area contributed by atoms with Crippen LogP contribution >= 0.6 is 0 Å². The maximum absolute atomic E-state index is 12.6. The molecule has 0 bridgehead atoms. The fourth-order valence-corrected chi connectivity index (χ4v) is 4.39. The molecular weight excluding hydrogens is 374 g/mol. The maximum Gasteiger partial charge on any atom is 0.197 e. The van der Waals surface area contributed by atoms with Gasteiger partial charge in [-0.1, -0.05) is 24.3 Å². The van der Waals surface area contributed by atoms with Crippen LogP contribution in [0.2, 0.25) is 0 Å². The molecule has 0 radical (unpaired) electrons. The Bertz CT molecular complexity index is 1110. The molecule has 3 aliphatic rings. The molecule has 150 valence electrons. The van der Waals surface area contributed by atoms with E-state index in [2.05, 4.69) is 23.1 Å². The van der Waals surface area contributed by atoms with Crippen LogP contribution in [0.5, 0.6) is 5.75 Å². The summed E-state index contributed by atoms with van der Waals surface area (Å²) in [5.41, 5.74) is 4.48. The van der Waals surface area contributed by atoms with Crippen LogP contribution < -0.4 is 9.64 Å². The molecule has 0 spiro atoms. The van der Waals surface area contributed by atoms with Crippen molar-refractivity contribution in [3.8, 4) is 5.75 Å². The van der Waals surface area contributed by atoms with Gasteiger partial charge in [-0.2, -0.15) is 0 Å². The second kappa shape index (κ2) is 7.45. The quantitative estimate of drug-likeness (QED) is 0.505. The van der Waals surface area contributed by atoms with Crippen LogP contribution in [0.1, 0.15) is 52.5 Å². The summed E-state index contributed by atoms with van der Waals surface area (Å²) in [7, 11) is 0. The topological polar surface area (TPSA) is 46.6 Å². The first-order valence-electron chi connectivity index (χ1n) is 10.5. The molecule has 2 aromatic rings. The van der Waals surface area contributed by atoms with Crippen molar-refractivity contribution in [2.75, 3.05) is 18.0 Å². The number of Topliss-reactive ketones (excluding diaryl/α,β-unsaturated/α-hetero) is 2. The van der Waals surface area contributed by atoms with Crippen molar-refractivity contribution in [2.24, 2.45) is 0 Å². The summed E-state index contributed by atoms with van der Waals surface area (Å²) in [6, 6.07) is 13.3. The highest BCUT2D eigenvalue weighted by molar-refractivity contribution is 6.39. The first kappa shape index (κ1) is 18.6. The van der Waals surface area contributed by atoms with Gasteiger partial charge in [-0.3, -0.25) is 9.59 Å². The molecule has 0 N–H and O–H groups in total. The summed E-state index contributed by atoms with van der Waals surface area (Å²) >= 11 is 0. The number of piperidine rings is 1. The number of ketones is 2. The number of hydrogen-bond acceptors (Lipinski definition) is 4. The smallest absolute Gasteiger partial charge is 0.197 e. The monoisotopic (exact) mass is 397 g/mol. The minimum absolute atomic E-state index is 0.186. The third-order valence-corrected chi connectivity index (χ3v) is 6.02. The molecule has 1 aliphatic carbocycles. The zero-order valence-electron chi connectivity index (χ0n) is 17.0. The fraction of sp³-hybridized carbons (Fsp3) is 0.231. The van der Waals surface area contributed by atoms with Crippen molar-refractivity contribution in [3.05, 3.63) is 88.7 Å². The lowest BCUT2D eigenvalue weighted by molar-refractivity contribution is 0.0989. The van der Waals surface area contributed by atoms with Gasteiger partial charge in [0.2, 0.25) is 0 Å². The summed E-state index contributed by atoms with van der Waals surface area (Å²) in [6.07, 6.45) is 8.99. The summed E-state index contributed by atoms with van der Waals surface area (Å²) < 4.78 is 6.13. The van der Waals surface area contributed by atoms with Crippen molar-refractivity contribution < 1.29 is 14.3 Å². The van der Waals surface area contributed by atoms with Gasteiger partial charge in [0.25, 0.3) is 0 Å². The highest BCUT2D eigenvalue weighted by atomic mass is 16.5. The van der Waals surface area contributed by atoms with Crippen LogP contribution in [0.25, 0.3) is 5.57 Å². The van der Waals surface area contributed by atoms with Gasteiger partial charge >= 0.3 is 0 Å². The number of carbonyl (C=O) groups excluding carboxylic acids is 2. The van der Waals surface area contributed by atoms with Gasteiger partial charge in [0.15, 0.2) is 11.6 Å². The number of carbonyl (C=O) groups is 2. The molecule has 2 aromatic carbocycles. The van der Waals surface area contributed by atoms with E-state index in [1.54, 1.807) is 36.4 Å². The first-order valence-corrected chi connectivity index (χ1v) is 10.5. The van der Waals surface area contributed by atoms with Gasteiger partial charge in [-0.15, -0.1) is 0 Å². The number of ether oxygens (including phenoxy) is 1. The van der Waals surface area contributed by atoms with Crippen LogP contribution in [0.15, 0.2) is 72.0 Å². The van der Waals surface area contributed by atoms with Crippen LogP contribution in [0, 0.1) is 0 Å². The molecule has 0 amide bonds. The summed E-state index contributed by atoms with van der Waals surface area (Å²) in [6.45, 7) is 4.20. The number of fused-ring (bicyclic) bond motifs is 2. The lowest BCUT2D eigenvalue weighted by Crippen LogP contribution is -2.29. The van der Waals surface area contributed by atoms with E-state index >= 15 is 0 Å². The summed E-state index contributed by atoms with van der Waals surface area (Å²) in [5.74, 6) is 0.989. The normalized spacial score (nSPS) is 19.4. The minimum atomic E-state index is -0.225. The Balaban J connectivity index is 1.44. The molecule has 0 unspecified atom stereocenters. The number of allylic oxidation sites excluding steroid dienone is 5. The van der Waals surface area contributed by atoms with E-state index in [0.29, 0.717) is 16.9 Å². The molecule has 1 fully saturated rings. The van der Waals surface area contributed by atoms with Gasteiger partial charge in [-0.05, 0) is 62.1 Å². The van der Waals surface area contributed by atoms with Crippen LogP contribution in [-0.2, 0) is 0 Å². The number of anilines is 1. The van der Waals surface area contributed by atoms with Crippen molar-refractivity contribution in [3.63, 3.8) is 0 Å². The second-order valence-electron chi connectivity index (χ2n) is 8.01. The molecule has 4 nitrogen and oxygen atoms in total. The van der Waals surface area contributed by atoms with Crippen molar-refractivity contribution in [2.45, 2.75) is 26.2 Å². The molecule has 0 atom stereocenters. The Labute approximate surface area is 176 Å². The largest absolute Gasteiger partial charge is 0.457 e. The molecule has 1 saturated heterocycles. The SMILES string of the molecule is CC1=C/C(=C\C=C2C(=O)c3ccccc3C2=O)Oc2cc(N3CCCCC3)ccc21. The molecule has 5 rings (SSSR count). The minimum Gasteiger partial charge on any atom is -0.457 e. The Morgan fingerprint density at radius 1 is 0.867 bits per heavy atom. The van der Waals surface area contributed by atoms with E-state index in [-0.39, 0.29) is 17.1 Å². The van der Waals surface area contributed by atoms with E-state index in [1.165, 1.54) is 24.9 Å². The second-order valence-corrected chi connectivity index (χ2v) is 8.01. The predicted molar refractivity (Wildman–Crippen MR) is 118 cm³/mol. The number of nitrogens with zero attached hydrogens (tertiary/aromatic N) is 1. The molecule has 30 heavy (non-hydrogen) atoms. The Morgan fingerprint density at radius 3 is 2.27 bits per heavy atom. The van der Waals surface area contributed by atoms with Crippen molar-refractivity contribution in [1.29, 1.82) is 0 Å². The van der Waals surface area contributed by atoms with E-state index in [1.807, 2.05) is 13.0 Å². The van der Waals surface area contributed by atoms with Gasteiger partial charge in [0, 0.05) is 41.5 Å². The molecule has 2 heterocycles. The first-order chi connectivity index (χ1) is 14.6. The maximum atomic E-state index is 12.6. The summed E-state index contributed by atoms with van der Waals surface area (Å²) in [4.78, 5) is 27.6. The van der Waals surface area contributed by atoms with E-state index in [9.17, 15) is 9.59 Å². The highest BCUT2D eigenvalue weighted by Crippen LogP contribution is 2.37. The number of hydrogen-bond donors (Lipinski definition) is 0.